The standard InChI is InChI=1S/C12H15FN2O3/c1-18-7-6-14-11(16)8-15-12(17)9-2-4-10(13)5-3-9/h2-5H,6-8H2,1H3,(H,14,16)(H,15,17). The number of amides is 2. The third-order valence-electron chi connectivity index (χ3n) is 2.14. The van der Waals surface area contributed by atoms with E-state index >= 15 is 0 Å². The molecule has 2 N–H and O–H groups in total. The van der Waals surface area contributed by atoms with Crippen LogP contribution in [0.5, 0.6) is 0 Å². The molecule has 1 rings (SSSR count). The van der Waals surface area contributed by atoms with Crippen molar-refractivity contribution in [2.75, 3.05) is 26.8 Å². The second kappa shape index (κ2) is 7.39. The Labute approximate surface area is 104 Å². The minimum absolute atomic E-state index is 0.125. The van der Waals surface area contributed by atoms with E-state index in [-0.39, 0.29) is 12.5 Å². The van der Waals surface area contributed by atoms with Crippen LogP contribution >= 0.6 is 0 Å². The number of rotatable bonds is 6. The smallest absolute Gasteiger partial charge is 0.251 e. The van der Waals surface area contributed by atoms with Crippen molar-refractivity contribution >= 4 is 11.8 Å². The Morgan fingerprint density at radius 3 is 2.50 bits per heavy atom. The first-order chi connectivity index (χ1) is 8.63. The predicted octanol–water partition coefficient (Wildman–Crippen LogP) is 0.318. The summed E-state index contributed by atoms with van der Waals surface area (Å²) in [6.45, 7) is 0.680. The van der Waals surface area contributed by atoms with Crippen molar-refractivity contribution in [2.45, 2.75) is 0 Å². The first-order valence-corrected chi connectivity index (χ1v) is 5.43. The number of benzene rings is 1. The van der Waals surface area contributed by atoms with Gasteiger partial charge in [-0.25, -0.2) is 4.39 Å². The summed E-state index contributed by atoms with van der Waals surface area (Å²) in [4.78, 5) is 22.8. The monoisotopic (exact) mass is 254 g/mol. The molecule has 0 spiro atoms. The quantitative estimate of drug-likeness (QED) is 0.718. The van der Waals surface area contributed by atoms with Gasteiger partial charge in [0.15, 0.2) is 0 Å². The first-order valence-electron chi connectivity index (χ1n) is 5.43. The fourth-order valence-corrected chi connectivity index (χ4v) is 1.22. The largest absolute Gasteiger partial charge is 0.383 e. The Balaban J connectivity index is 2.32. The molecule has 0 aliphatic heterocycles. The van der Waals surface area contributed by atoms with Gasteiger partial charge in [-0.3, -0.25) is 9.59 Å². The van der Waals surface area contributed by atoms with Crippen molar-refractivity contribution in [3.63, 3.8) is 0 Å². The summed E-state index contributed by atoms with van der Waals surface area (Å²) in [5.74, 6) is -1.14. The van der Waals surface area contributed by atoms with Crippen molar-refractivity contribution in [1.29, 1.82) is 0 Å². The Morgan fingerprint density at radius 2 is 1.89 bits per heavy atom. The molecule has 98 valence electrons. The lowest BCUT2D eigenvalue weighted by Crippen LogP contribution is -2.38. The maximum Gasteiger partial charge on any atom is 0.251 e. The molecule has 18 heavy (non-hydrogen) atoms. The molecule has 6 heteroatoms. The van der Waals surface area contributed by atoms with E-state index in [2.05, 4.69) is 10.6 Å². The summed E-state index contributed by atoms with van der Waals surface area (Å²) in [6.07, 6.45) is 0. The van der Waals surface area contributed by atoms with Crippen LogP contribution in [0.25, 0.3) is 0 Å². The zero-order chi connectivity index (χ0) is 13.4. The molecule has 0 saturated carbocycles. The van der Waals surface area contributed by atoms with E-state index in [1.54, 1.807) is 0 Å². The van der Waals surface area contributed by atoms with Gasteiger partial charge in [0, 0.05) is 19.2 Å². The third-order valence-corrected chi connectivity index (χ3v) is 2.14. The minimum Gasteiger partial charge on any atom is -0.383 e. The summed E-state index contributed by atoms with van der Waals surface area (Å²) >= 11 is 0. The summed E-state index contributed by atoms with van der Waals surface area (Å²) in [6, 6.07) is 5.09. The van der Waals surface area contributed by atoms with E-state index in [0.717, 1.165) is 0 Å². The average Bonchev–Trinajstić information content (AvgIpc) is 2.37. The number of methoxy groups -OCH3 is 1. The number of halogens is 1. The summed E-state index contributed by atoms with van der Waals surface area (Å²) < 4.78 is 17.4. The van der Waals surface area contributed by atoms with Gasteiger partial charge in [-0.05, 0) is 24.3 Å². The van der Waals surface area contributed by atoms with Crippen LogP contribution in [-0.4, -0.2) is 38.6 Å². The molecule has 1 aromatic carbocycles. The summed E-state index contributed by atoms with van der Waals surface area (Å²) in [7, 11) is 1.53. The highest BCUT2D eigenvalue weighted by molar-refractivity contribution is 5.96. The van der Waals surface area contributed by atoms with Crippen molar-refractivity contribution < 1.29 is 18.7 Å². The molecule has 0 aromatic heterocycles. The van der Waals surface area contributed by atoms with Crippen molar-refractivity contribution in [2.24, 2.45) is 0 Å². The second-order valence-electron chi connectivity index (χ2n) is 3.53. The van der Waals surface area contributed by atoms with Crippen LogP contribution in [0.3, 0.4) is 0 Å². The second-order valence-corrected chi connectivity index (χ2v) is 3.53. The van der Waals surface area contributed by atoms with Crippen LogP contribution in [0.2, 0.25) is 0 Å². The van der Waals surface area contributed by atoms with E-state index in [4.69, 9.17) is 4.74 Å². The molecular weight excluding hydrogens is 239 g/mol. The van der Waals surface area contributed by atoms with Crippen LogP contribution in [0, 0.1) is 5.82 Å². The molecule has 0 heterocycles. The number of hydrogen-bond donors (Lipinski definition) is 2. The Hall–Kier alpha value is -1.95. The maximum absolute atomic E-state index is 12.6. The highest BCUT2D eigenvalue weighted by atomic mass is 19.1. The number of carbonyl (C=O) groups is 2. The van der Waals surface area contributed by atoms with E-state index in [1.807, 2.05) is 0 Å². The van der Waals surface area contributed by atoms with Crippen LogP contribution in [0.1, 0.15) is 10.4 Å². The zero-order valence-electron chi connectivity index (χ0n) is 10.0. The van der Waals surface area contributed by atoms with Gasteiger partial charge >= 0.3 is 0 Å². The van der Waals surface area contributed by atoms with Crippen molar-refractivity contribution in [3.8, 4) is 0 Å². The van der Waals surface area contributed by atoms with Gasteiger partial charge in [-0.2, -0.15) is 0 Å². The van der Waals surface area contributed by atoms with Gasteiger partial charge in [-0.1, -0.05) is 0 Å². The van der Waals surface area contributed by atoms with Gasteiger partial charge in [0.1, 0.15) is 5.82 Å². The summed E-state index contributed by atoms with van der Waals surface area (Å²) in [5.41, 5.74) is 0.307. The molecule has 0 saturated heterocycles. The van der Waals surface area contributed by atoms with Gasteiger partial charge in [-0.15, -0.1) is 0 Å². The average molecular weight is 254 g/mol. The molecule has 1 aromatic rings. The predicted molar refractivity (Wildman–Crippen MR) is 63.6 cm³/mol. The van der Waals surface area contributed by atoms with Crippen LogP contribution in [-0.2, 0) is 9.53 Å². The van der Waals surface area contributed by atoms with Crippen LogP contribution in [0.15, 0.2) is 24.3 Å². The minimum atomic E-state index is -0.420. The highest BCUT2D eigenvalue weighted by Crippen LogP contribution is 2.01. The lowest BCUT2D eigenvalue weighted by Gasteiger charge is -2.06. The lowest BCUT2D eigenvalue weighted by molar-refractivity contribution is -0.120. The molecule has 0 aliphatic carbocycles. The van der Waals surface area contributed by atoms with Crippen molar-refractivity contribution in [3.05, 3.63) is 35.6 Å². The topological polar surface area (TPSA) is 67.4 Å². The molecule has 0 radical (unpaired) electrons. The van der Waals surface area contributed by atoms with Crippen LogP contribution < -0.4 is 10.6 Å². The molecule has 0 fully saturated rings. The molecule has 0 aliphatic rings. The highest BCUT2D eigenvalue weighted by Gasteiger charge is 2.07. The van der Waals surface area contributed by atoms with E-state index < -0.39 is 11.7 Å². The number of hydrogen-bond acceptors (Lipinski definition) is 3. The molecule has 2 amide bonds. The number of carbonyl (C=O) groups excluding carboxylic acids is 2. The maximum atomic E-state index is 12.6. The van der Waals surface area contributed by atoms with Gasteiger partial charge < -0.3 is 15.4 Å². The Morgan fingerprint density at radius 1 is 1.22 bits per heavy atom. The Bertz CT molecular complexity index is 406. The lowest BCUT2D eigenvalue weighted by atomic mass is 10.2. The fourth-order valence-electron chi connectivity index (χ4n) is 1.22. The van der Waals surface area contributed by atoms with Crippen LogP contribution in [0.4, 0.5) is 4.39 Å². The number of nitrogens with one attached hydrogen (secondary N) is 2. The molecular formula is C12H15FN2O3. The fraction of sp³-hybridized carbons (Fsp3) is 0.333. The molecule has 0 unspecified atom stereocenters. The van der Waals surface area contributed by atoms with Crippen molar-refractivity contribution in [1.82, 2.24) is 10.6 Å². The van der Waals surface area contributed by atoms with E-state index in [0.29, 0.717) is 18.7 Å². The van der Waals surface area contributed by atoms with Gasteiger partial charge in [0.25, 0.3) is 5.91 Å². The van der Waals surface area contributed by atoms with E-state index in [9.17, 15) is 14.0 Å². The molecule has 5 nitrogen and oxygen atoms in total. The van der Waals surface area contributed by atoms with Gasteiger partial charge in [0.2, 0.25) is 5.91 Å². The van der Waals surface area contributed by atoms with Gasteiger partial charge in [0.05, 0.1) is 13.2 Å². The zero-order valence-corrected chi connectivity index (χ0v) is 10.0. The third kappa shape index (κ3) is 4.92. The first kappa shape index (κ1) is 14.1. The Kier molecular flexibility index (Phi) is 5.79. The molecule has 0 bridgehead atoms. The van der Waals surface area contributed by atoms with E-state index in [1.165, 1.54) is 31.4 Å². The summed E-state index contributed by atoms with van der Waals surface area (Å²) in [5, 5.41) is 4.99. The normalized spacial score (nSPS) is 9.89. The number of ether oxygens (including phenoxy) is 1. The SMILES string of the molecule is COCCNC(=O)CNC(=O)c1ccc(F)cc1. The molecule has 0 atom stereocenters.